The SMILES string of the molecule is O=C(Nc1nc2c(Cl)c(Cl)ccc2s1)C1CCN(S(=O)(=O)c2ccccc2F)CC1. The van der Waals surface area contributed by atoms with Gasteiger partial charge in [-0.15, -0.1) is 0 Å². The smallest absolute Gasteiger partial charge is 0.245 e. The van der Waals surface area contributed by atoms with Crippen LogP contribution >= 0.6 is 34.5 Å². The Balaban J connectivity index is 1.42. The first-order chi connectivity index (χ1) is 14.3. The molecule has 11 heteroatoms. The average molecular weight is 488 g/mol. The number of hydrogen-bond donors (Lipinski definition) is 1. The van der Waals surface area contributed by atoms with Crippen molar-refractivity contribution < 1.29 is 17.6 Å². The molecule has 0 saturated carbocycles. The van der Waals surface area contributed by atoms with E-state index in [0.717, 1.165) is 10.8 Å². The molecule has 1 aromatic heterocycles. The second-order valence-corrected chi connectivity index (χ2v) is 10.5. The largest absolute Gasteiger partial charge is 0.302 e. The summed E-state index contributed by atoms with van der Waals surface area (Å²) < 4.78 is 41.3. The van der Waals surface area contributed by atoms with E-state index in [0.29, 0.717) is 33.5 Å². The number of nitrogens with one attached hydrogen (secondary N) is 1. The number of benzene rings is 2. The molecule has 1 fully saturated rings. The van der Waals surface area contributed by atoms with Gasteiger partial charge < -0.3 is 5.32 Å². The zero-order valence-corrected chi connectivity index (χ0v) is 18.6. The van der Waals surface area contributed by atoms with Gasteiger partial charge >= 0.3 is 0 Å². The van der Waals surface area contributed by atoms with Crippen molar-refractivity contribution in [2.45, 2.75) is 17.7 Å². The fraction of sp³-hybridized carbons (Fsp3) is 0.263. The van der Waals surface area contributed by atoms with Gasteiger partial charge in [0.25, 0.3) is 0 Å². The molecule has 2 aromatic carbocycles. The van der Waals surface area contributed by atoms with Crippen molar-refractivity contribution >= 4 is 65.8 Å². The van der Waals surface area contributed by atoms with Crippen LogP contribution in [0.15, 0.2) is 41.3 Å². The van der Waals surface area contributed by atoms with Gasteiger partial charge in [0.2, 0.25) is 15.9 Å². The van der Waals surface area contributed by atoms with Crippen molar-refractivity contribution in [3.05, 3.63) is 52.3 Å². The Morgan fingerprint density at radius 3 is 2.57 bits per heavy atom. The molecule has 158 valence electrons. The van der Waals surface area contributed by atoms with Crippen molar-refractivity contribution in [3.63, 3.8) is 0 Å². The van der Waals surface area contributed by atoms with Crippen molar-refractivity contribution in [2.75, 3.05) is 18.4 Å². The number of carbonyl (C=O) groups is 1. The van der Waals surface area contributed by atoms with Crippen LogP contribution in [-0.2, 0) is 14.8 Å². The molecule has 3 aromatic rings. The summed E-state index contributed by atoms with van der Waals surface area (Å²) in [5.74, 6) is -1.39. The van der Waals surface area contributed by atoms with Gasteiger partial charge in [-0.05, 0) is 37.1 Å². The third-order valence-corrected chi connectivity index (χ3v) is 8.62. The highest BCUT2D eigenvalue weighted by molar-refractivity contribution is 7.89. The minimum Gasteiger partial charge on any atom is -0.302 e. The van der Waals surface area contributed by atoms with Gasteiger partial charge in [-0.3, -0.25) is 4.79 Å². The molecule has 1 aliphatic rings. The number of rotatable bonds is 4. The predicted molar refractivity (Wildman–Crippen MR) is 116 cm³/mol. The fourth-order valence-electron chi connectivity index (χ4n) is 3.35. The maximum Gasteiger partial charge on any atom is 0.245 e. The van der Waals surface area contributed by atoms with E-state index < -0.39 is 15.8 Å². The van der Waals surface area contributed by atoms with Crippen molar-refractivity contribution in [3.8, 4) is 0 Å². The zero-order chi connectivity index (χ0) is 21.5. The van der Waals surface area contributed by atoms with E-state index in [-0.39, 0.29) is 29.8 Å². The number of hydrogen-bond acceptors (Lipinski definition) is 5. The molecule has 0 radical (unpaired) electrons. The van der Waals surface area contributed by atoms with E-state index in [1.54, 1.807) is 12.1 Å². The summed E-state index contributed by atoms with van der Waals surface area (Å²) in [6.07, 6.45) is 0.661. The minimum absolute atomic E-state index is 0.135. The summed E-state index contributed by atoms with van der Waals surface area (Å²) in [7, 11) is -3.94. The summed E-state index contributed by atoms with van der Waals surface area (Å²) in [4.78, 5) is 16.6. The molecule has 6 nitrogen and oxygen atoms in total. The molecule has 0 aliphatic carbocycles. The molecule has 1 N–H and O–H groups in total. The van der Waals surface area contributed by atoms with Crippen LogP contribution in [0.2, 0.25) is 10.0 Å². The van der Waals surface area contributed by atoms with Crippen LogP contribution in [0.1, 0.15) is 12.8 Å². The van der Waals surface area contributed by atoms with Gasteiger partial charge in [0.1, 0.15) is 16.2 Å². The van der Waals surface area contributed by atoms with Crippen LogP contribution in [0, 0.1) is 11.7 Å². The number of anilines is 1. The summed E-state index contributed by atoms with van der Waals surface area (Å²) >= 11 is 13.4. The van der Waals surface area contributed by atoms with Crippen LogP contribution in [-0.4, -0.2) is 36.7 Å². The molecular weight excluding hydrogens is 472 g/mol. The molecule has 0 bridgehead atoms. The maximum absolute atomic E-state index is 13.9. The molecule has 0 unspecified atom stereocenters. The normalized spacial score (nSPS) is 16.1. The lowest BCUT2D eigenvalue weighted by Crippen LogP contribution is -2.41. The monoisotopic (exact) mass is 487 g/mol. The number of thiazole rings is 1. The highest BCUT2D eigenvalue weighted by Crippen LogP contribution is 2.35. The summed E-state index contributed by atoms with van der Waals surface area (Å²) in [5, 5.41) is 3.90. The number of amides is 1. The molecule has 1 aliphatic heterocycles. The van der Waals surface area contributed by atoms with Crippen LogP contribution in [0.4, 0.5) is 9.52 Å². The second kappa shape index (κ2) is 8.39. The van der Waals surface area contributed by atoms with Gasteiger partial charge in [0.15, 0.2) is 5.13 Å². The standard InChI is InChI=1S/C19H16Cl2FN3O3S2/c20-12-5-6-14-17(16(12)21)23-19(29-14)24-18(26)11-7-9-25(10-8-11)30(27,28)15-4-2-1-3-13(15)22/h1-6,11H,7-10H2,(H,23,24,26). The van der Waals surface area contributed by atoms with Crippen LogP contribution in [0.25, 0.3) is 10.2 Å². The Hall–Kier alpha value is -1.78. The molecule has 4 rings (SSSR count). The van der Waals surface area contributed by atoms with E-state index in [1.165, 1.54) is 33.8 Å². The number of piperidine rings is 1. The lowest BCUT2D eigenvalue weighted by Gasteiger charge is -2.30. The van der Waals surface area contributed by atoms with E-state index in [2.05, 4.69) is 10.3 Å². The molecule has 30 heavy (non-hydrogen) atoms. The predicted octanol–water partition coefficient (Wildman–Crippen LogP) is 4.78. The van der Waals surface area contributed by atoms with E-state index in [4.69, 9.17) is 23.2 Å². The quantitative estimate of drug-likeness (QED) is 0.573. The first-order valence-corrected chi connectivity index (χ1v) is 12.1. The number of fused-ring (bicyclic) bond motifs is 1. The van der Waals surface area contributed by atoms with Gasteiger partial charge in [-0.1, -0.05) is 46.7 Å². The molecule has 0 atom stereocenters. The number of sulfonamides is 1. The van der Waals surface area contributed by atoms with Gasteiger partial charge in [0.05, 0.1) is 14.7 Å². The molecule has 0 spiro atoms. The summed E-state index contributed by atoms with van der Waals surface area (Å²) in [5.41, 5.74) is 0.523. The number of nitrogens with zero attached hydrogens (tertiary/aromatic N) is 2. The lowest BCUT2D eigenvalue weighted by atomic mass is 9.97. The molecule has 1 amide bonds. The fourth-order valence-corrected chi connectivity index (χ4v) is 6.18. The Labute approximate surface area is 186 Å². The third kappa shape index (κ3) is 4.04. The van der Waals surface area contributed by atoms with Crippen molar-refractivity contribution in [1.29, 1.82) is 0 Å². The first kappa shape index (κ1) is 21.5. The second-order valence-electron chi connectivity index (χ2n) is 6.83. The van der Waals surface area contributed by atoms with E-state index in [9.17, 15) is 17.6 Å². The minimum atomic E-state index is -3.94. The lowest BCUT2D eigenvalue weighted by molar-refractivity contribution is -0.120. The highest BCUT2D eigenvalue weighted by atomic mass is 35.5. The van der Waals surface area contributed by atoms with Crippen LogP contribution in [0.5, 0.6) is 0 Å². The van der Waals surface area contributed by atoms with Crippen LogP contribution < -0.4 is 5.32 Å². The highest BCUT2D eigenvalue weighted by Gasteiger charge is 2.33. The number of halogens is 3. The maximum atomic E-state index is 13.9. The molecule has 1 saturated heterocycles. The van der Waals surface area contributed by atoms with Gasteiger partial charge in [0, 0.05) is 19.0 Å². The number of carbonyl (C=O) groups excluding carboxylic acids is 1. The number of aromatic nitrogens is 1. The van der Waals surface area contributed by atoms with E-state index in [1.807, 2.05) is 0 Å². The zero-order valence-electron chi connectivity index (χ0n) is 15.4. The van der Waals surface area contributed by atoms with Crippen molar-refractivity contribution in [2.24, 2.45) is 5.92 Å². The van der Waals surface area contributed by atoms with Crippen LogP contribution in [0.3, 0.4) is 0 Å². The molecule has 2 heterocycles. The summed E-state index contributed by atoms with van der Waals surface area (Å²) in [6.45, 7) is 0.270. The Morgan fingerprint density at radius 1 is 1.17 bits per heavy atom. The summed E-state index contributed by atoms with van der Waals surface area (Å²) in [6, 6.07) is 8.73. The topological polar surface area (TPSA) is 79.4 Å². The van der Waals surface area contributed by atoms with Gasteiger partial charge in [-0.2, -0.15) is 4.31 Å². The average Bonchev–Trinajstić information content (AvgIpc) is 3.14. The first-order valence-electron chi connectivity index (χ1n) is 9.07. The van der Waals surface area contributed by atoms with Crippen molar-refractivity contribution in [1.82, 2.24) is 9.29 Å². The Kier molecular flexibility index (Phi) is 6.00. The van der Waals surface area contributed by atoms with E-state index >= 15 is 0 Å². The molecular formula is C19H16Cl2FN3O3S2. The third-order valence-electron chi connectivity index (χ3n) is 4.96. The Morgan fingerprint density at radius 2 is 1.87 bits per heavy atom. The van der Waals surface area contributed by atoms with Gasteiger partial charge in [-0.25, -0.2) is 17.8 Å². The Bertz CT molecular complexity index is 1220.